The van der Waals surface area contributed by atoms with Gasteiger partial charge in [0.2, 0.25) is 5.91 Å². The summed E-state index contributed by atoms with van der Waals surface area (Å²) in [5, 5.41) is 50.9. The molecule has 13 nitrogen and oxygen atoms in total. The highest BCUT2D eigenvalue weighted by atomic mass is 31.2. The summed E-state index contributed by atoms with van der Waals surface area (Å²) in [4.78, 5) is 39.5. The monoisotopic (exact) mass is 389 g/mol. The number of hydrogen-bond donors (Lipinski definition) is 8. The molecule has 0 radical (unpaired) electrons. The van der Waals surface area contributed by atoms with Crippen molar-refractivity contribution in [1.82, 2.24) is 5.32 Å². The molecule has 0 bridgehead atoms. The van der Waals surface area contributed by atoms with Crippen LogP contribution in [0.1, 0.15) is 13.3 Å². The van der Waals surface area contributed by atoms with E-state index in [1.165, 1.54) is 0 Å². The molecule has 0 saturated carbocycles. The molecule has 0 aliphatic carbocycles. The lowest BCUT2D eigenvalue weighted by molar-refractivity contribution is -0.294. The van der Waals surface area contributed by atoms with E-state index in [4.69, 9.17) is 19.6 Å². The number of hydrogen-bond acceptors (Lipinski definition) is 9. The van der Waals surface area contributed by atoms with Crippen LogP contribution < -0.4 is 5.32 Å². The molecule has 6 unspecified atom stereocenters. The van der Waals surface area contributed by atoms with Crippen LogP contribution in [0, 0.1) is 0 Å². The van der Waals surface area contributed by atoms with Crippen molar-refractivity contribution >= 4 is 19.7 Å². The van der Waals surface area contributed by atoms with Crippen molar-refractivity contribution in [2.75, 3.05) is 6.61 Å². The van der Waals surface area contributed by atoms with Gasteiger partial charge in [-0.15, -0.1) is 0 Å². The van der Waals surface area contributed by atoms with Crippen LogP contribution in [0.25, 0.3) is 0 Å². The Bertz CT molecular complexity index is 551. The molecule has 8 N–H and O–H groups in total. The summed E-state index contributed by atoms with van der Waals surface area (Å²) in [6.07, 6.45) is -8.43. The van der Waals surface area contributed by atoms with Crippen molar-refractivity contribution in [2.45, 2.75) is 49.6 Å². The van der Waals surface area contributed by atoms with Gasteiger partial charge in [0.15, 0.2) is 0 Å². The fraction of sp³-hybridized carbons (Fsp3) is 0.818. The Labute approximate surface area is 141 Å². The number of aliphatic carboxylic acids is 1. The van der Waals surface area contributed by atoms with Crippen molar-refractivity contribution < 1.29 is 58.7 Å². The quantitative estimate of drug-likeness (QED) is 0.197. The second kappa shape index (κ2) is 8.03. The van der Waals surface area contributed by atoms with E-state index in [2.05, 4.69) is 9.84 Å². The molecule has 1 saturated heterocycles. The fourth-order valence-corrected chi connectivity index (χ4v) is 2.65. The van der Waals surface area contributed by atoms with Gasteiger partial charge in [-0.25, -0.2) is 9.36 Å². The first-order chi connectivity index (χ1) is 11.3. The molecule has 0 aromatic rings. The van der Waals surface area contributed by atoms with E-state index in [9.17, 15) is 34.6 Å². The number of carboxylic acids is 1. The summed E-state index contributed by atoms with van der Waals surface area (Å²) < 4.78 is 19.5. The average molecular weight is 389 g/mol. The molecule has 14 heteroatoms. The minimum atomic E-state index is -4.97. The highest BCUT2D eigenvalue weighted by Gasteiger charge is 2.54. The van der Waals surface area contributed by atoms with Crippen LogP contribution in [0.2, 0.25) is 0 Å². The fourth-order valence-electron chi connectivity index (χ4n) is 2.30. The molecule has 1 amide bonds. The number of aliphatic hydroxyl groups is 4. The maximum Gasteiger partial charge on any atom is 0.469 e. The highest BCUT2D eigenvalue weighted by molar-refractivity contribution is 7.46. The van der Waals surface area contributed by atoms with E-state index >= 15 is 0 Å². The maximum absolute atomic E-state index is 11.2. The highest BCUT2D eigenvalue weighted by Crippen LogP contribution is 2.36. The van der Waals surface area contributed by atoms with Gasteiger partial charge in [0, 0.05) is 13.3 Å². The number of aliphatic hydroxyl groups excluding tert-OH is 3. The molecule has 1 heterocycles. The van der Waals surface area contributed by atoms with Crippen LogP contribution in [-0.2, 0) is 23.4 Å². The SMILES string of the molecule is CC(=O)NC1C(O)CC(O)(C(=O)O)OC1C(O)C(O)COP(=O)(O)O. The number of carbonyl (C=O) groups is 2. The Morgan fingerprint density at radius 2 is 1.96 bits per heavy atom. The number of carboxylic acid groups (broad SMARTS) is 1. The van der Waals surface area contributed by atoms with Crippen molar-refractivity contribution in [1.29, 1.82) is 0 Å². The molecule has 0 aromatic carbocycles. The van der Waals surface area contributed by atoms with E-state index in [-0.39, 0.29) is 0 Å². The van der Waals surface area contributed by atoms with E-state index < -0.39 is 69.0 Å². The van der Waals surface area contributed by atoms with Crippen molar-refractivity contribution in [3.8, 4) is 0 Å². The van der Waals surface area contributed by atoms with Gasteiger partial charge in [-0.1, -0.05) is 0 Å². The van der Waals surface area contributed by atoms with Crippen LogP contribution in [-0.4, -0.2) is 90.0 Å². The summed E-state index contributed by atoms with van der Waals surface area (Å²) in [5.74, 6) is -5.48. The van der Waals surface area contributed by atoms with Crippen molar-refractivity contribution in [3.63, 3.8) is 0 Å². The van der Waals surface area contributed by atoms with E-state index in [0.29, 0.717) is 0 Å². The van der Waals surface area contributed by atoms with Gasteiger partial charge in [-0.3, -0.25) is 9.32 Å². The number of ether oxygens (including phenoxy) is 1. The molecule has 1 rings (SSSR count). The van der Waals surface area contributed by atoms with Crippen LogP contribution >= 0.6 is 7.82 Å². The third-order valence-electron chi connectivity index (χ3n) is 3.43. The molecule has 1 aliphatic rings. The number of phosphoric acid groups is 1. The Morgan fingerprint density at radius 1 is 1.40 bits per heavy atom. The zero-order valence-corrected chi connectivity index (χ0v) is 13.8. The zero-order valence-electron chi connectivity index (χ0n) is 12.9. The second-order valence-electron chi connectivity index (χ2n) is 5.51. The number of rotatable bonds is 7. The Morgan fingerprint density at radius 3 is 2.40 bits per heavy atom. The summed E-state index contributed by atoms with van der Waals surface area (Å²) in [6, 6.07) is -1.42. The summed E-state index contributed by atoms with van der Waals surface area (Å²) >= 11 is 0. The van der Waals surface area contributed by atoms with Gasteiger partial charge >= 0.3 is 13.8 Å². The zero-order chi connectivity index (χ0) is 19.6. The summed E-state index contributed by atoms with van der Waals surface area (Å²) in [7, 11) is -4.97. The summed E-state index contributed by atoms with van der Waals surface area (Å²) in [6.45, 7) is -0.0127. The molecule has 0 aromatic heterocycles. The third kappa shape index (κ3) is 5.95. The van der Waals surface area contributed by atoms with Gasteiger partial charge in [0.25, 0.3) is 5.79 Å². The number of nitrogens with one attached hydrogen (secondary N) is 1. The first kappa shape index (κ1) is 21.9. The van der Waals surface area contributed by atoms with Gasteiger partial charge < -0.3 is 45.4 Å². The lowest BCUT2D eigenvalue weighted by Crippen LogP contribution is -2.67. The van der Waals surface area contributed by atoms with E-state index in [0.717, 1.165) is 6.92 Å². The molecular formula is C11H20NO12P. The lowest BCUT2D eigenvalue weighted by Gasteiger charge is -2.44. The largest absolute Gasteiger partial charge is 0.477 e. The van der Waals surface area contributed by atoms with Gasteiger partial charge in [0.1, 0.15) is 18.3 Å². The number of carbonyl (C=O) groups excluding carboxylic acids is 1. The molecule has 0 spiro atoms. The normalized spacial score (nSPS) is 32.7. The maximum atomic E-state index is 11.2. The predicted octanol–water partition coefficient (Wildman–Crippen LogP) is -3.75. The third-order valence-corrected chi connectivity index (χ3v) is 3.92. The first-order valence-electron chi connectivity index (χ1n) is 6.92. The smallest absolute Gasteiger partial charge is 0.469 e. The Balaban J connectivity index is 3.02. The minimum Gasteiger partial charge on any atom is -0.477 e. The van der Waals surface area contributed by atoms with Gasteiger partial charge in [-0.05, 0) is 0 Å². The number of phosphoric ester groups is 1. The number of amides is 1. The van der Waals surface area contributed by atoms with Crippen LogP contribution in [0.3, 0.4) is 0 Å². The Kier molecular flexibility index (Phi) is 7.03. The topological polar surface area (TPSA) is 223 Å². The molecule has 6 atom stereocenters. The lowest BCUT2D eigenvalue weighted by atomic mass is 9.88. The molecule has 1 fully saturated rings. The van der Waals surface area contributed by atoms with Crippen molar-refractivity contribution in [2.24, 2.45) is 0 Å². The summed E-state index contributed by atoms with van der Waals surface area (Å²) in [5.41, 5.74) is 0. The van der Waals surface area contributed by atoms with E-state index in [1.807, 2.05) is 0 Å². The van der Waals surface area contributed by atoms with Crippen LogP contribution in [0.4, 0.5) is 0 Å². The molecule has 25 heavy (non-hydrogen) atoms. The standard InChI is InChI=1S/C11H20NO12P/c1-4(13)12-7-5(14)2-11(19,10(17)18)24-9(7)8(16)6(15)3-23-25(20,21)22/h5-9,14-16,19H,2-3H2,1H3,(H,12,13)(H,17,18)(H2,20,21,22). The van der Waals surface area contributed by atoms with Crippen LogP contribution in [0.5, 0.6) is 0 Å². The Hall–Kier alpha value is -1.15. The molecular weight excluding hydrogens is 369 g/mol. The predicted molar refractivity (Wildman–Crippen MR) is 75.7 cm³/mol. The van der Waals surface area contributed by atoms with E-state index in [1.54, 1.807) is 0 Å². The average Bonchev–Trinajstić information content (AvgIpc) is 2.45. The van der Waals surface area contributed by atoms with Gasteiger partial charge in [-0.2, -0.15) is 0 Å². The van der Waals surface area contributed by atoms with Crippen LogP contribution in [0.15, 0.2) is 0 Å². The minimum absolute atomic E-state index is 0.688. The molecule has 1 aliphatic heterocycles. The van der Waals surface area contributed by atoms with Gasteiger partial charge in [0.05, 0.1) is 18.8 Å². The second-order valence-corrected chi connectivity index (χ2v) is 6.75. The molecule has 146 valence electrons. The first-order valence-corrected chi connectivity index (χ1v) is 8.45. The van der Waals surface area contributed by atoms with Crippen molar-refractivity contribution in [3.05, 3.63) is 0 Å².